The number of rotatable bonds is 6. The molecule has 2 heterocycles. The number of hydrogen-bond acceptors (Lipinski definition) is 4. The Hall–Kier alpha value is -2.77. The Balaban J connectivity index is 1.19. The van der Waals surface area contributed by atoms with Gasteiger partial charge in [-0.1, -0.05) is 24.3 Å². The molecule has 176 valence electrons. The predicted octanol–water partition coefficient (Wildman–Crippen LogP) is 2.74. The smallest absolute Gasteiger partial charge is 0.253 e. The molecular weight excluding hydrogens is 419 g/mol. The maximum absolute atomic E-state index is 13.1. The van der Waals surface area contributed by atoms with Gasteiger partial charge in [-0.3, -0.25) is 14.5 Å². The molecule has 0 aromatic heterocycles. The van der Waals surface area contributed by atoms with Crippen LogP contribution in [0.3, 0.4) is 0 Å². The molecular formula is C26H33FN4O2. The van der Waals surface area contributed by atoms with E-state index in [4.69, 9.17) is 0 Å². The molecule has 2 aliphatic heterocycles. The molecule has 6 nitrogen and oxygen atoms in total. The van der Waals surface area contributed by atoms with Crippen molar-refractivity contribution in [3.63, 3.8) is 0 Å². The second-order valence-electron chi connectivity index (χ2n) is 9.19. The lowest BCUT2D eigenvalue weighted by atomic mass is 9.95. The molecule has 33 heavy (non-hydrogen) atoms. The summed E-state index contributed by atoms with van der Waals surface area (Å²) in [5.74, 6) is -0.499. The first-order valence-electron chi connectivity index (χ1n) is 11.8. The molecule has 2 aromatic carbocycles. The molecule has 0 spiro atoms. The lowest BCUT2D eigenvalue weighted by Gasteiger charge is -2.32. The van der Waals surface area contributed by atoms with Gasteiger partial charge in [-0.2, -0.15) is 0 Å². The second-order valence-corrected chi connectivity index (χ2v) is 9.19. The number of halogens is 1. The number of benzene rings is 2. The molecule has 7 heteroatoms. The summed E-state index contributed by atoms with van der Waals surface area (Å²) in [6.07, 6.45) is 1.28. The zero-order chi connectivity index (χ0) is 23.2. The van der Waals surface area contributed by atoms with Crippen molar-refractivity contribution in [3.8, 4) is 0 Å². The number of carbonyl (C=O) groups excluding carboxylic acids is 2. The van der Waals surface area contributed by atoms with Crippen molar-refractivity contribution in [2.75, 3.05) is 46.3 Å². The van der Waals surface area contributed by atoms with Crippen LogP contribution >= 0.6 is 0 Å². The minimum absolute atomic E-state index is 0.0467. The van der Waals surface area contributed by atoms with Crippen LogP contribution in [-0.4, -0.2) is 72.8 Å². The molecule has 0 saturated carbocycles. The zero-order valence-electron chi connectivity index (χ0n) is 19.3. The van der Waals surface area contributed by atoms with Crippen molar-refractivity contribution in [2.24, 2.45) is 5.92 Å². The van der Waals surface area contributed by atoms with Gasteiger partial charge in [0.1, 0.15) is 5.82 Å². The zero-order valence-corrected chi connectivity index (χ0v) is 19.3. The van der Waals surface area contributed by atoms with Crippen LogP contribution in [0.1, 0.15) is 34.3 Å². The highest BCUT2D eigenvalue weighted by Crippen LogP contribution is 2.20. The fraction of sp³-hybridized carbons (Fsp3) is 0.462. The predicted molar refractivity (Wildman–Crippen MR) is 126 cm³/mol. The highest BCUT2D eigenvalue weighted by molar-refractivity contribution is 5.94. The van der Waals surface area contributed by atoms with Gasteiger partial charge in [0.05, 0.1) is 0 Å². The Morgan fingerprint density at radius 1 is 0.879 bits per heavy atom. The minimum Gasteiger partial charge on any atom is -0.352 e. The van der Waals surface area contributed by atoms with E-state index in [0.717, 1.165) is 38.3 Å². The number of hydrogen-bond donors (Lipinski definition) is 1. The number of carbonyl (C=O) groups is 2. The summed E-state index contributed by atoms with van der Waals surface area (Å²) in [6.45, 7) is 6.99. The van der Waals surface area contributed by atoms with E-state index in [2.05, 4.69) is 46.4 Å². The van der Waals surface area contributed by atoms with E-state index in [1.54, 1.807) is 4.90 Å². The van der Waals surface area contributed by atoms with Crippen molar-refractivity contribution in [3.05, 3.63) is 71.0 Å². The largest absolute Gasteiger partial charge is 0.352 e. The standard InChI is InChI=1S/C26H33FN4O2/c1-29-14-16-30(17-15-29)19-21-4-2-20(3-5-21)18-28-25(32)22-10-12-31(13-11-22)26(33)23-6-8-24(27)9-7-23/h2-9,22H,10-19H2,1H3,(H,28,32). The molecule has 2 amide bonds. The number of piperazine rings is 1. The molecule has 2 aliphatic rings. The van der Waals surface area contributed by atoms with Crippen LogP contribution in [0.15, 0.2) is 48.5 Å². The maximum atomic E-state index is 13.1. The lowest BCUT2D eigenvalue weighted by Crippen LogP contribution is -2.43. The first-order valence-corrected chi connectivity index (χ1v) is 11.8. The highest BCUT2D eigenvalue weighted by Gasteiger charge is 2.27. The summed E-state index contributed by atoms with van der Waals surface area (Å²) in [6, 6.07) is 14.1. The van der Waals surface area contributed by atoms with Gasteiger partial charge >= 0.3 is 0 Å². The van der Waals surface area contributed by atoms with E-state index in [9.17, 15) is 14.0 Å². The Morgan fingerprint density at radius 2 is 1.48 bits per heavy atom. The first kappa shape index (κ1) is 23.4. The number of nitrogens with one attached hydrogen (secondary N) is 1. The first-order chi connectivity index (χ1) is 16.0. The van der Waals surface area contributed by atoms with Gasteiger partial charge in [-0.25, -0.2) is 4.39 Å². The second kappa shape index (κ2) is 10.9. The third kappa shape index (κ3) is 6.39. The van der Waals surface area contributed by atoms with Crippen LogP contribution < -0.4 is 5.32 Å². The van der Waals surface area contributed by atoms with Gasteiger partial charge < -0.3 is 15.1 Å². The van der Waals surface area contributed by atoms with Crippen LogP contribution in [0.25, 0.3) is 0 Å². The van der Waals surface area contributed by atoms with Crippen LogP contribution in [0.2, 0.25) is 0 Å². The summed E-state index contributed by atoms with van der Waals surface area (Å²) in [5, 5.41) is 3.06. The van der Waals surface area contributed by atoms with Crippen molar-refractivity contribution >= 4 is 11.8 Å². The van der Waals surface area contributed by atoms with Crippen molar-refractivity contribution in [2.45, 2.75) is 25.9 Å². The molecule has 2 aromatic rings. The molecule has 1 N–H and O–H groups in total. The van der Waals surface area contributed by atoms with E-state index in [0.29, 0.717) is 38.0 Å². The summed E-state index contributed by atoms with van der Waals surface area (Å²) in [5.41, 5.74) is 2.87. The number of amides is 2. The van der Waals surface area contributed by atoms with Gasteiger partial charge in [0.15, 0.2) is 0 Å². The summed E-state index contributed by atoms with van der Waals surface area (Å²) in [7, 11) is 2.16. The molecule has 2 fully saturated rings. The molecule has 0 bridgehead atoms. The quantitative estimate of drug-likeness (QED) is 0.732. The number of nitrogens with zero attached hydrogens (tertiary/aromatic N) is 3. The van der Waals surface area contributed by atoms with Crippen molar-refractivity contribution < 1.29 is 14.0 Å². The Labute approximate surface area is 195 Å². The topological polar surface area (TPSA) is 55.9 Å². The Bertz CT molecular complexity index is 932. The fourth-order valence-corrected chi connectivity index (χ4v) is 4.48. The van der Waals surface area contributed by atoms with Crippen LogP contribution in [0, 0.1) is 11.7 Å². The van der Waals surface area contributed by atoms with Gasteiger partial charge in [0.2, 0.25) is 5.91 Å². The maximum Gasteiger partial charge on any atom is 0.253 e. The third-order valence-corrected chi connectivity index (χ3v) is 6.74. The third-order valence-electron chi connectivity index (χ3n) is 6.74. The minimum atomic E-state index is -0.355. The van der Waals surface area contributed by atoms with Gasteiger partial charge in [0, 0.05) is 63.8 Å². The Morgan fingerprint density at radius 3 is 2.12 bits per heavy atom. The van der Waals surface area contributed by atoms with E-state index in [1.165, 1.54) is 29.8 Å². The van der Waals surface area contributed by atoms with E-state index < -0.39 is 0 Å². The molecule has 4 rings (SSSR count). The highest BCUT2D eigenvalue weighted by atomic mass is 19.1. The fourth-order valence-electron chi connectivity index (χ4n) is 4.48. The van der Waals surface area contributed by atoms with Crippen LogP contribution in [-0.2, 0) is 17.9 Å². The van der Waals surface area contributed by atoms with Crippen molar-refractivity contribution in [1.82, 2.24) is 20.0 Å². The molecule has 0 unspecified atom stereocenters. The number of likely N-dealkylation sites (tertiary alicyclic amines) is 1. The summed E-state index contributed by atoms with van der Waals surface area (Å²) >= 11 is 0. The monoisotopic (exact) mass is 452 g/mol. The average Bonchev–Trinajstić information content (AvgIpc) is 2.85. The van der Waals surface area contributed by atoms with E-state index in [1.807, 2.05) is 0 Å². The normalized spacial score (nSPS) is 18.3. The molecule has 2 saturated heterocycles. The molecule has 0 aliphatic carbocycles. The van der Waals surface area contributed by atoms with E-state index in [-0.39, 0.29) is 23.5 Å². The van der Waals surface area contributed by atoms with Crippen LogP contribution in [0.5, 0.6) is 0 Å². The number of likely N-dealkylation sites (N-methyl/N-ethyl adjacent to an activating group) is 1. The summed E-state index contributed by atoms with van der Waals surface area (Å²) < 4.78 is 13.1. The number of piperidine rings is 1. The SMILES string of the molecule is CN1CCN(Cc2ccc(CNC(=O)C3CCN(C(=O)c4ccc(F)cc4)CC3)cc2)CC1. The van der Waals surface area contributed by atoms with E-state index >= 15 is 0 Å². The molecule has 0 atom stereocenters. The van der Waals surface area contributed by atoms with Crippen molar-refractivity contribution in [1.29, 1.82) is 0 Å². The van der Waals surface area contributed by atoms with Gasteiger partial charge in [0.25, 0.3) is 5.91 Å². The van der Waals surface area contributed by atoms with Crippen LogP contribution in [0.4, 0.5) is 4.39 Å². The molecule has 0 radical (unpaired) electrons. The van der Waals surface area contributed by atoms with Gasteiger partial charge in [-0.15, -0.1) is 0 Å². The lowest BCUT2D eigenvalue weighted by molar-refractivity contribution is -0.126. The summed E-state index contributed by atoms with van der Waals surface area (Å²) in [4.78, 5) is 31.8. The average molecular weight is 453 g/mol. The Kier molecular flexibility index (Phi) is 7.73. The van der Waals surface area contributed by atoms with Gasteiger partial charge in [-0.05, 0) is 55.3 Å².